The zero-order valence-corrected chi connectivity index (χ0v) is 22.1. The summed E-state index contributed by atoms with van der Waals surface area (Å²) in [6, 6.07) is 2.31. The Morgan fingerprint density at radius 2 is 1.56 bits per heavy atom. The molecule has 0 aliphatic carbocycles. The highest BCUT2D eigenvalue weighted by molar-refractivity contribution is 5.94. The van der Waals surface area contributed by atoms with E-state index in [0.717, 1.165) is 16.5 Å². The number of rotatable bonds is 15. The number of aliphatic hydroxyl groups excluding tert-OH is 1. The first kappa shape index (κ1) is 31.2. The van der Waals surface area contributed by atoms with Gasteiger partial charge in [0.05, 0.1) is 12.1 Å². The molecule has 9 N–H and O–H groups in total. The molecule has 5 atom stereocenters. The Hall–Kier alpha value is -3.97. The summed E-state index contributed by atoms with van der Waals surface area (Å²) in [7, 11) is 0. The number of benzene rings is 1. The molecule has 0 spiro atoms. The molecule has 1 aromatic carbocycles. The van der Waals surface area contributed by atoms with E-state index < -0.39 is 66.4 Å². The first-order valence-corrected chi connectivity index (χ1v) is 12.6. The van der Waals surface area contributed by atoms with E-state index in [-0.39, 0.29) is 25.2 Å². The van der Waals surface area contributed by atoms with E-state index in [2.05, 4.69) is 20.9 Å². The van der Waals surface area contributed by atoms with Gasteiger partial charge in [-0.1, -0.05) is 32.0 Å². The van der Waals surface area contributed by atoms with Gasteiger partial charge in [-0.15, -0.1) is 0 Å². The van der Waals surface area contributed by atoms with Crippen molar-refractivity contribution in [3.05, 3.63) is 36.0 Å². The second-order valence-corrected chi connectivity index (χ2v) is 9.92. The number of hydrogen-bond donors (Lipinski definition) is 8. The number of aliphatic hydroxyl groups is 1. The molecular weight excluding hydrogens is 510 g/mol. The molecule has 0 saturated heterocycles. The summed E-state index contributed by atoms with van der Waals surface area (Å²) in [5.41, 5.74) is 7.78. The molecule has 0 saturated carbocycles. The van der Waals surface area contributed by atoms with E-state index in [0.29, 0.717) is 0 Å². The van der Waals surface area contributed by atoms with Crippen LogP contribution in [-0.2, 0) is 30.4 Å². The van der Waals surface area contributed by atoms with Crippen molar-refractivity contribution in [2.75, 3.05) is 0 Å². The number of aromatic nitrogens is 1. The molecule has 13 nitrogen and oxygen atoms in total. The molecule has 1 heterocycles. The molecule has 0 radical (unpaired) electrons. The van der Waals surface area contributed by atoms with Crippen molar-refractivity contribution in [1.82, 2.24) is 20.9 Å². The monoisotopic (exact) mass is 547 g/mol. The highest BCUT2D eigenvalue weighted by Gasteiger charge is 2.33. The van der Waals surface area contributed by atoms with Gasteiger partial charge < -0.3 is 42.0 Å². The number of aromatic amines is 1. The van der Waals surface area contributed by atoms with Crippen molar-refractivity contribution in [1.29, 1.82) is 0 Å². The zero-order valence-electron chi connectivity index (χ0n) is 22.1. The Bertz CT molecular complexity index is 1180. The number of amides is 3. The molecule has 3 amide bonds. The molecule has 214 valence electrons. The molecular formula is C26H37N5O8. The van der Waals surface area contributed by atoms with Crippen LogP contribution in [0.2, 0.25) is 0 Å². The molecule has 0 fully saturated rings. The molecule has 39 heavy (non-hydrogen) atoms. The highest BCUT2D eigenvalue weighted by atomic mass is 16.4. The molecule has 2 rings (SSSR count). The Labute approximate surface area is 225 Å². The lowest BCUT2D eigenvalue weighted by molar-refractivity contribution is -0.143. The number of aliphatic carboxylic acids is 2. The number of carbonyl (C=O) groups is 5. The number of para-hydroxylation sites is 1. The van der Waals surface area contributed by atoms with E-state index in [9.17, 15) is 34.2 Å². The fourth-order valence-electron chi connectivity index (χ4n) is 4.06. The van der Waals surface area contributed by atoms with Gasteiger partial charge in [-0.2, -0.15) is 0 Å². The van der Waals surface area contributed by atoms with Crippen LogP contribution in [0.4, 0.5) is 0 Å². The Morgan fingerprint density at radius 1 is 0.923 bits per heavy atom. The van der Waals surface area contributed by atoms with Crippen LogP contribution in [0.25, 0.3) is 10.9 Å². The summed E-state index contributed by atoms with van der Waals surface area (Å²) >= 11 is 0. The van der Waals surface area contributed by atoms with Crippen LogP contribution in [-0.4, -0.2) is 80.2 Å². The largest absolute Gasteiger partial charge is 0.481 e. The van der Waals surface area contributed by atoms with Crippen molar-refractivity contribution >= 4 is 40.6 Å². The number of H-pyrrole nitrogens is 1. The number of nitrogens with two attached hydrogens (primary N) is 1. The lowest BCUT2D eigenvalue weighted by Crippen LogP contribution is -2.60. The number of carboxylic acid groups (broad SMARTS) is 2. The fourth-order valence-corrected chi connectivity index (χ4v) is 4.06. The van der Waals surface area contributed by atoms with Crippen molar-refractivity contribution in [2.24, 2.45) is 11.7 Å². The number of carbonyl (C=O) groups excluding carboxylic acids is 3. The number of fused-ring (bicyclic) bond motifs is 1. The van der Waals surface area contributed by atoms with Crippen LogP contribution >= 0.6 is 0 Å². The molecule has 13 heteroatoms. The average Bonchev–Trinajstić information content (AvgIpc) is 3.26. The van der Waals surface area contributed by atoms with Crippen LogP contribution < -0.4 is 21.7 Å². The standard InChI is InChI=1S/C26H37N5O8/c1-13(2)10-20(24(36)29-19(26(38)39)8-9-21(33)34)30-25(37)22(14(3)32)31-23(35)17(27)11-15-12-28-18-7-5-4-6-16(15)18/h4-7,12-14,17,19-20,22,28,32H,8-11,27H2,1-3H3,(H,29,36)(H,30,37)(H,31,35)(H,33,34)(H,38,39). The van der Waals surface area contributed by atoms with E-state index in [1.165, 1.54) is 6.92 Å². The maximum absolute atomic E-state index is 13.1. The van der Waals surface area contributed by atoms with E-state index >= 15 is 0 Å². The minimum atomic E-state index is -1.48. The molecule has 1 aromatic heterocycles. The fraction of sp³-hybridized carbons (Fsp3) is 0.500. The normalized spacial score (nSPS) is 15.1. The quantitative estimate of drug-likeness (QED) is 0.148. The lowest BCUT2D eigenvalue weighted by atomic mass is 10.0. The third-order valence-corrected chi connectivity index (χ3v) is 6.12. The molecule has 0 aliphatic rings. The van der Waals surface area contributed by atoms with Crippen LogP contribution in [0.3, 0.4) is 0 Å². The van der Waals surface area contributed by atoms with E-state index in [4.69, 9.17) is 10.8 Å². The lowest BCUT2D eigenvalue weighted by Gasteiger charge is -2.27. The second-order valence-electron chi connectivity index (χ2n) is 9.92. The number of hydrogen-bond acceptors (Lipinski definition) is 7. The Kier molecular flexibility index (Phi) is 11.4. The minimum absolute atomic E-state index is 0.104. The molecule has 0 bridgehead atoms. The topological polar surface area (TPSA) is 224 Å². The molecule has 2 aromatic rings. The van der Waals surface area contributed by atoms with Gasteiger partial charge in [-0.3, -0.25) is 19.2 Å². The van der Waals surface area contributed by atoms with Gasteiger partial charge >= 0.3 is 11.9 Å². The predicted octanol–water partition coefficient (Wildman–Crippen LogP) is -0.132. The average molecular weight is 548 g/mol. The zero-order chi connectivity index (χ0) is 29.3. The van der Waals surface area contributed by atoms with Crippen molar-refractivity contribution in [3.63, 3.8) is 0 Å². The minimum Gasteiger partial charge on any atom is -0.481 e. The van der Waals surface area contributed by atoms with Gasteiger partial charge in [0.25, 0.3) is 0 Å². The smallest absolute Gasteiger partial charge is 0.326 e. The first-order valence-electron chi connectivity index (χ1n) is 12.6. The third kappa shape index (κ3) is 9.37. The van der Waals surface area contributed by atoms with Crippen molar-refractivity contribution in [2.45, 2.75) is 76.7 Å². The highest BCUT2D eigenvalue weighted by Crippen LogP contribution is 2.19. The maximum Gasteiger partial charge on any atom is 0.326 e. The summed E-state index contributed by atoms with van der Waals surface area (Å²) in [5.74, 6) is -5.13. The summed E-state index contributed by atoms with van der Waals surface area (Å²) in [6.07, 6.45) is -0.155. The van der Waals surface area contributed by atoms with Crippen LogP contribution in [0.5, 0.6) is 0 Å². The van der Waals surface area contributed by atoms with Gasteiger partial charge in [0.15, 0.2) is 0 Å². The summed E-state index contributed by atoms with van der Waals surface area (Å²) in [4.78, 5) is 64.2. The first-order chi connectivity index (χ1) is 18.3. The number of nitrogens with one attached hydrogen (secondary N) is 4. The second kappa shape index (κ2) is 14.3. The van der Waals surface area contributed by atoms with Crippen molar-refractivity contribution in [3.8, 4) is 0 Å². The predicted molar refractivity (Wildman–Crippen MR) is 141 cm³/mol. The van der Waals surface area contributed by atoms with Gasteiger partial charge in [-0.25, -0.2) is 4.79 Å². The van der Waals surface area contributed by atoms with Crippen molar-refractivity contribution < 1.29 is 39.3 Å². The maximum atomic E-state index is 13.1. The van der Waals surface area contributed by atoms with E-state index in [1.807, 2.05) is 24.3 Å². The summed E-state index contributed by atoms with van der Waals surface area (Å²) < 4.78 is 0. The van der Waals surface area contributed by atoms with Gasteiger partial charge in [0.1, 0.15) is 18.1 Å². The molecule has 0 aliphatic heterocycles. The molecule has 5 unspecified atom stereocenters. The van der Waals surface area contributed by atoms with Crippen LogP contribution in [0.1, 0.15) is 45.6 Å². The Morgan fingerprint density at radius 3 is 2.15 bits per heavy atom. The SMILES string of the molecule is CC(C)CC(NC(=O)C(NC(=O)C(N)Cc1c[nH]c2ccccc12)C(C)O)C(=O)NC(CCC(=O)O)C(=O)O. The Balaban J connectivity index is 2.10. The third-order valence-electron chi connectivity index (χ3n) is 6.12. The number of carboxylic acids is 2. The summed E-state index contributed by atoms with van der Waals surface area (Å²) in [5, 5.41) is 36.5. The van der Waals surface area contributed by atoms with Crippen LogP contribution in [0, 0.1) is 5.92 Å². The van der Waals surface area contributed by atoms with Gasteiger partial charge in [-0.05, 0) is 43.7 Å². The van der Waals surface area contributed by atoms with Gasteiger partial charge in [0, 0.05) is 23.5 Å². The summed E-state index contributed by atoms with van der Waals surface area (Å²) in [6.45, 7) is 4.85. The van der Waals surface area contributed by atoms with Gasteiger partial charge in [0.2, 0.25) is 17.7 Å². The van der Waals surface area contributed by atoms with Crippen LogP contribution in [0.15, 0.2) is 30.5 Å². The van der Waals surface area contributed by atoms with E-state index in [1.54, 1.807) is 20.0 Å².